The molecule has 4 nitrogen and oxygen atoms in total. The van der Waals surface area contributed by atoms with Gasteiger partial charge in [0.1, 0.15) is 0 Å². The molecule has 1 amide bonds. The molecule has 2 aromatic rings. The molecular formula is C19H18ClNO3S. The fraction of sp³-hybridized carbons (Fsp3) is 0.211. The zero-order valence-corrected chi connectivity index (χ0v) is 15.5. The number of halogens is 1. The smallest absolute Gasteiger partial charge is 0.259 e. The summed E-state index contributed by atoms with van der Waals surface area (Å²) in [6.45, 7) is 3.68. The highest BCUT2D eigenvalue weighted by atomic mass is 35.5. The quantitative estimate of drug-likeness (QED) is 0.817. The summed E-state index contributed by atoms with van der Waals surface area (Å²) in [6, 6.07) is 12.0. The van der Waals surface area contributed by atoms with Crippen molar-refractivity contribution in [3.05, 3.63) is 75.7 Å². The Balaban J connectivity index is 2.13. The highest BCUT2D eigenvalue weighted by Gasteiger charge is 2.33. The summed E-state index contributed by atoms with van der Waals surface area (Å²) >= 11 is 6.23. The van der Waals surface area contributed by atoms with E-state index in [-0.39, 0.29) is 11.7 Å². The summed E-state index contributed by atoms with van der Waals surface area (Å²) < 4.78 is 23.8. The second-order valence-corrected chi connectivity index (χ2v) is 8.44. The molecule has 0 saturated carbocycles. The first kappa shape index (κ1) is 17.7. The molecule has 0 fully saturated rings. The molecule has 0 bridgehead atoms. The normalized spacial score (nSPS) is 18.3. The van der Waals surface area contributed by atoms with Crippen LogP contribution in [-0.2, 0) is 9.84 Å². The van der Waals surface area contributed by atoms with Gasteiger partial charge in [-0.25, -0.2) is 8.42 Å². The maximum absolute atomic E-state index is 13.3. The van der Waals surface area contributed by atoms with Gasteiger partial charge in [0.2, 0.25) is 0 Å². The van der Waals surface area contributed by atoms with E-state index >= 15 is 0 Å². The number of aryl methyl sites for hydroxylation is 1. The number of amides is 1. The lowest BCUT2D eigenvalue weighted by atomic mass is 10.0. The summed E-state index contributed by atoms with van der Waals surface area (Å²) in [6.07, 6.45) is 1.56. The average Bonchev–Trinajstić information content (AvgIpc) is 2.91. The first-order valence-electron chi connectivity index (χ1n) is 7.85. The summed E-state index contributed by atoms with van der Waals surface area (Å²) in [5.74, 6) is -0.369. The van der Waals surface area contributed by atoms with E-state index in [1.54, 1.807) is 36.4 Å². The fourth-order valence-corrected chi connectivity index (χ4v) is 4.40. The predicted octanol–water partition coefficient (Wildman–Crippen LogP) is 3.91. The van der Waals surface area contributed by atoms with Crippen LogP contribution >= 0.6 is 11.6 Å². The van der Waals surface area contributed by atoms with Gasteiger partial charge in [-0.15, -0.1) is 0 Å². The minimum absolute atomic E-state index is 0.128. The second kappa shape index (κ2) is 6.65. The van der Waals surface area contributed by atoms with Crippen molar-refractivity contribution in [2.75, 3.05) is 10.7 Å². The molecule has 6 heteroatoms. The lowest BCUT2D eigenvalue weighted by Gasteiger charge is -2.30. The molecule has 2 aromatic carbocycles. The van der Waals surface area contributed by atoms with E-state index in [4.69, 9.17) is 11.6 Å². The summed E-state index contributed by atoms with van der Waals surface area (Å²) in [7, 11) is -3.30. The van der Waals surface area contributed by atoms with Gasteiger partial charge >= 0.3 is 0 Å². The molecule has 1 aliphatic rings. The van der Waals surface area contributed by atoms with Crippen LogP contribution in [0.3, 0.4) is 0 Å². The predicted molar refractivity (Wildman–Crippen MR) is 101 cm³/mol. The van der Waals surface area contributed by atoms with E-state index in [0.29, 0.717) is 16.3 Å². The maximum Gasteiger partial charge on any atom is 0.259 e. The van der Waals surface area contributed by atoms with Crippen molar-refractivity contribution in [2.24, 2.45) is 0 Å². The highest BCUT2D eigenvalue weighted by molar-refractivity contribution is 7.94. The van der Waals surface area contributed by atoms with Crippen LogP contribution in [0.1, 0.15) is 21.5 Å². The lowest BCUT2D eigenvalue weighted by Crippen LogP contribution is -2.42. The third kappa shape index (κ3) is 3.48. The van der Waals surface area contributed by atoms with Crippen LogP contribution in [-0.4, -0.2) is 26.1 Å². The molecule has 0 radical (unpaired) electrons. The molecule has 130 valence electrons. The van der Waals surface area contributed by atoms with Crippen molar-refractivity contribution in [1.82, 2.24) is 0 Å². The van der Waals surface area contributed by atoms with Crippen LogP contribution in [0.15, 0.2) is 53.9 Å². The van der Waals surface area contributed by atoms with Gasteiger partial charge in [0.05, 0.1) is 11.8 Å². The average molecular weight is 376 g/mol. The van der Waals surface area contributed by atoms with Crippen molar-refractivity contribution in [2.45, 2.75) is 19.9 Å². The van der Waals surface area contributed by atoms with Gasteiger partial charge in [-0.05, 0) is 49.2 Å². The SMILES string of the molecule is Cc1ccccc1C(=O)N(c1cccc(Cl)c1C)C1C=CS(=O)(=O)C1. The number of rotatable bonds is 3. The van der Waals surface area contributed by atoms with Crippen molar-refractivity contribution in [1.29, 1.82) is 0 Å². The maximum atomic E-state index is 13.3. The molecule has 3 rings (SSSR count). The zero-order valence-electron chi connectivity index (χ0n) is 13.9. The van der Waals surface area contributed by atoms with E-state index in [1.807, 2.05) is 26.0 Å². The zero-order chi connectivity index (χ0) is 18.2. The number of benzene rings is 2. The Morgan fingerprint density at radius 3 is 2.48 bits per heavy atom. The van der Waals surface area contributed by atoms with Gasteiger partial charge in [0, 0.05) is 21.7 Å². The van der Waals surface area contributed by atoms with Crippen molar-refractivity contribution < 1.29 is 13.2 Å². The van der Waals surface area contributed by atoms with Crippen molar-refractivity contribution in [3.63, 3.8) is 0 Å². The Hall–Kier alpha value is -2.11. The first-order valence-corrected chi connectivity index (χ1v) is 9.95. The van der Waals surface area contributed by atoms with Gasteiger partial charge in [-0.3, -0.25) is 4.79 Å². The molecule has 1 atom stereocenters. The van der Waals surface area contributed by atoms with E-state index in [0.717, 1.165) is 11.1 Å². The standard InChI is InChI=1S/C19H18ClNO3S/c1-13-6-3-4-7-16(13)19(22)21(15-10-11-25(23,24)12-15)18-9-5-8-17(20)14(18)2/h3-11,15H,12H2,1-2H3. The number of carbonyl (C=O) groups is 1. The molecule has 25 heavy (non-hydrogen) atoms. The van der Waals surface area contributed by atoms with Gasteiger partial charge in [-0.1, -0.05) is 35.9 Å². The molecule has 0 aliphatic carbocycles. The van der Waals surface area contributed by atoms with Crippen LogP contribution in [0.4, 0.5) is 5.69 Å². The number of anilines is 1. The number of hydrogen-bond donors (Lipinski definition) is 0. The highest BCUT2D eigenvalue weighted by Crippen LogP contribution is 2.31. The molecular weight excluding hydrogens is 358 g/mol. The fourth-order valence-electron chi connectivity index (χ4n) is 2.96. The van der Waals surface area contributed by atoms with Crippen LogP contribution in [0.2, 0.25) is 5.02 Å². The Labute approximate surface area is 152 Å². The Morgan fingerprint density at radius 1 is 1.12 bits per heavy atom. The first-order chi connectivity index (χ1) is 11.8. The van der Waals surface area contributed by atoms with Gasteiger partial charge in [-0.2, -0.15) is 0 Å². The minimum atomic E-state index is -3.30. The Bertz CT molecular complexity index is 966. The van der Waals surface area contributed by atoms with Crippen molar-refractivity contribution in [3.8, 4) is 0 Å². The van der Waals surface area contributed by atoms with Gasteiger partial charge in [0.15, 0.2) is 9.84 Å². The summed E-state index contributed by atoms with van der Waals surface area (Å²) in [5.41, 5.74) is 2.73. The van der Waals surface area contributed by atoms with Gasteiger partial charge in [0.25, 0.3) is 5.91 Å². The number of carbonyl (C=O) groups excluding carboxylic acids is 1. The van der Waals surface area contributed by atoms with E-state index in [2.05, 4.69) is 0 Å². The molecule has 1 unspecified atom stereocenters. The largest absolute Gasteiger partial charge is 0.300 e. The van der Waals surface area contributed by atoms with Crippen LogP contribution in [0, 0.1) is 13.8 Å². The minimum Gasteiger partial charge on any atom is -0.300 e. The lowest BCUT2D eigenvalue weighted by molar-refractivity contribution is 0.0982. The van der Waals surface area contributed by atoms with E-state index in [1.165, 1.54) is 10.3 Å². The third-order valence-corrected chi connectivity index (χ3v) is 6.12. The van der Waals surface area contributed by atoms with Crippen molar-refractivity contribution >= 4 is 33.0 Å². The van der Waals surface area contributed by atoms with E-state index < -0.39 is 15.9 Å². The molecule has 0 saturated heterocycles. The molecule has 1 heterocycles. The molecule has 0 N–H and O–H groups in total. The summed E-state index contributed by atoms with van der Waals surface area (Å²) in [4.78, 5) is 14.8. The molecule has 1 aliphatic heterocycles. The number of nitrogens with zero attached hydrogens (tertiary/aromatic N) is 1. The van der Waals surface area contributed by atoms with Crippen LogP contribution < -0.4 is 4.90 Å². The Morgan fingerprint density at radius 2 is 1.84 bits per heavy atom. The molecule has 0 spiro atoms. The van der Waals surface area contributed by atoms with E-state index in [9.17, 15) is 13.2 Å². The monoisotopic (exact) mass is 375 g/mol. The van der Waals surface area contributed by atoms with Crippen LogP contribution in [0.5, 0.6) is 0 Å². The number of hydrogen-bond acceptors (Lipinski definition) is 3. The Kier molecular flexibility index (Phi) is 4.71. The van der Waals surface area contributed by atoms with Crippen LogP contribution in [0.25, 0.3) is 0 Å². The number of sulfone groups is 1. The third-order valence-electron chi connectivity index (χ3n) is 4.34. The second-order valence-electron chi connectivity index (χ2n) is 6.10. The molecule has 0 aromatic heterocycles. The van der Waals surface area contributed by atoms with Gasteiger partial charge < -0.3 is 4.90 Å². The summed E-state index contributed by atoms with van der Waals surface area (Å²) in [5, 5.41) is 1.71. The topological polar surface area (TPSA) is 54.5 Å².